The van der Waals surface area contributed by atoms with Crippen LogP contribution in [-0.2, 0) is 6.42 Å². The number of carbonyl (C=O) groups excluding carboxylic acids is 1. The van der Waals surface area contributed by atoms with E-state index in [0.717, 1.165) is 17.0 Å². The second-order valence-electron chi connectivity index (χ2n) is 4.03. The van der Waals surface area contributed by atoms with Crippen LogP contribution in [0.25, 0.3) is 0 Å². The van der Waals surface area contributed by atoms with Crippen LogP contribution >= 0.6 is 22.9 Å². The van der Waals surface area contributed by atoms with E-state index in [2.05, 4.69) is 10.3 Å². The van der Waals surface area contributed by atoms with E-state index >= 15 is 0 Å². The van der Waals surface area contributed by atoms with Gasteiger partial charge in [0.15, 0.2) is 5.13 Å². The van der Waals surface area contributed by atoms with Crippen LogP contribution in [0.15, 0.2) is 18.2 Å². The van der Waals surface area contributed by atoms with E-state index < -0.39 is 0 Å². The minimum Gasteiger partial charge on any atom is -0.398 e. The molecule has 1 aromatic heterocycles. The summed E-state index contributed by atoms with van der Waals surface area (Å²) in [4.78, 5) is 17.6. The van der Waals surface area contributed by atoms with Crippen LogP contribution in [-0.4, -0.2) is 10.9 Å². The highest BCUT2D eigenvalue weighted by atomic mass is 35.5. The monoisotopic (exact) mass is 295 g/mol. The molecule has 0 unspecified atom stereocenters. The second kappa shape index (κ2) is 5.59. The number of anilines is 2. The first-order valence-corrected chi connectivity index (χ1v) is 7.04. The Morgan fingerprint density at radius 3 is 2.84 bits per heavy atom. The van der Waals surface area contributed by atoms with E-state index in [-0.39, 0.29) is 11.5 Å². The lowest BCUT2D eigenvalue weighted by Gasteiger charge is -2.06. The van der Waals surface area contributed by atoms with Crippen molar-refractivity contribution >= 4 is 39.7 Å². The molecule has 0 aliphatic rings. The smallest absolute Gasteiger partial charge is 0.261 e. The largest absolute Gasteiger partial charge is 0.398 e. The summed E-state index contributed by atoms with van der Waals surface area (Å²) in [5.41, 5.74) is 7.41. The van der Waals surface area contributed by atoms with Gasteiger partial charge in [0, 0.05) is 10.6 Å². The Kier molecular flexibility index (Phi) is 4.07. The number of carbonyl (C=O) groups is 1. The van der Waals surface area contributed by atoms with Crippen molar-refractivity contribution in [2.24, 2.45) is 0 Å². The van der Waals surface area contributed by atoms with E-state index in [1.165, 1.54) is 11.3 Å². The highest BCUT2D eigenvalue weighted by Crippen LogP contribution is 2.26. The van der Waals surface area contributed by atoms with Crippen molar-refractivity contribution in [1.82, 2.24) is 4.98 Å². The maximum atomic E-state index is 12.2. The van der Waals surface area contributed by atoms with E-state index in [0.29, 0.717) is 15.8 Å². The van der Waals surface area contributed by atoms with E-state index in [9.17, 15) is 4.79 Å². The Hall–Kier alpha value is -1.59. The first kappa shape index (κ1) is 13.8. The fraction of sp³-hybridized carbons (Fsp3) is 0.231. The average molecular weight is 296 g/mol. The van der Waals surface area contributed by atoms with Crippen LogP contribution in [0.2, 0.25) is 5.02 Å². The molecular formula is C13H14ClN3OS. The van der Waals surface area contributed by atoms with Crippen molar-refractivity contribution < 1.29 is 4.79 Å². The molecule has 2 aromatic rings. The molecule has 4 nitrogen and oxygen atoms in total. The topological polar surface area (TPSA) is 68.0 Å². The lowest BCUT2D eigenvalue weighted by molar-refractivity contribution is 0.102. The number of rotatable bonds is 3. The summed E-state index contributed by atoms with van der Waals surface area (Å²) < 4.78 is 0. The first-order valence-electron chi connectivity index (χ1n) is 5.84. The van der Waals surface area contributed by atoms with Gasteiger partial charge in [-0.15, -0.1) is 11.3 Å². The number of halogens is 1. The Balaban J connectivity index is 2.25. The summed E-state index contributed by atoms with van der Waals surface area (Å²) in [7, 11) is 0. The normalized spacial score (nSPS) is 10.5. The molecule has 0 bridgehead atoms. The van der Waals surface area contributed by atoms with Gasteiger partial charge in [-0.2, -0.15) is 0 Å². The molecule has 3 N–H and O–H groups in total. The Labute approximate surface area is 120 Å². The molecule has 0 spiro atoms. The quantitative estimate of drug-likeness (QED) is 0.852. The third-order valence-electron chi connectivity index (χ3n) is 2.72. The number of amides is 1. The number of hydrogen-bond acceptors (Lipinski definition) is 4. The fourth-order valence-corrected chi connectivity index (χ4v) is 2.91. The number of thiazole rings is 1. The van der Waals surface area contributed by atoms with Crippen LogP contribution in [0.3, 0.4) is 0 Å². The van der Waals surface area contributed by atoms with Gasteiger partial charge in [-0.3, -0.25) is 10.1 Å². The number of nitrogen functional groups attached to an aromatic ring is 1. The van der Waals surface area contributed by atoms with Gasteiger partial charge < -0.3 is 5.73 Å². The van der Waals surface area contributed by atoms with Gasteiger partial charge in [0.1, 0.15) is 0 Å². The number of aryl methyl sites for hydroxylation is 2. The number of nitrogens with one attached hydrogen (secondary N) is 1. The molecule has 0 atom stereocenters. The zero-order valence-electron chi connectivity index (χ0n) is 10.7. The molecule has 1 heterocycles. The van der Waals surface area contributed by atoms with Crippen molar-refractivity contribution in [2.75, 3.05) is 11.1 Å². The Bertz CT molecular complexity index is 604. The number of hydrogen-bond donors (Lipinski definition) is 2. The molecule has 6 heteroatoms. The number of nitrogens with zero attached hydrogens (tertiary/aromatic N) is 1. The van der Waals surface area contributed by atoms with Crippen LogP contribution < -0.4 is 11.1 Å². The molecule has 1 aromatic carbocycles. The van der Waals surface area contributed by atoms with E-state index in [1.54, 1.807) is 18.2 Å². The molecule has 0 fully saturated rings. The maximum Gasteiger partial charge on any atom is 0.261 e. The van der Waals surface area contributed by atoms with Crippen molar-refractivity contribution in [3.05, 3.63) is 39.4 Å². The lowest BCUT2D eigenvalue weighted by Crippen LogP contribution is -2.14. The summed E-state index contributed by atoms with van der Waals surface area (Å²) in [6.07, 6.45) is 0.840. The van der Waals surface area contributed by atoms with Crippen LogP contribution in [0, 0.1) is 6.92 Å². The molecule has 0 saturated carbocycles. The summed E-state index contributed by atoms with van der Waals surface area (Å²) in [6, 6.07) is 4.99. The van der Waals surface area contributed by atoms with Crippen molar-refractivity contribution in [1.29, 1.82) is 0 Å². The predicted molar refractivity (Wildman–Crippen MR) is 80.0 cm³/mol. The summed E-state index contributed by atoms with van der Waals surface area (Å²) in [5.74, 6) is -0.334. The summed E-state index contributed by atoms with van der Waals surface area (Å²) in [6.45, 7) is 4.01. The Morgan fingerprint density at radius 2 is 2.26 bits per heavy atom. The molecule has 0 radical (unpaired) electrons. The van der Waals surface area contributed by atoms with Crippen molar-refractivity contribution in [3.8, 4) is 0 Å². The van der Waals surface area contributed by atoms with Crippen LogP contribution in [0.1, 0.15) is 27.9 Å². The van der Waals surface area contributed by atoms with Gasteiger partial charge in [-0.05, 0) is 25.5 Å². The maximum absolute atomic E-state index is 12.2. The van der Waals surface area contributed by atoms with Gasteiger partial charge in [0.25, 0.3) is 5.91 Å². The zero-order chi connectivity index (χ0) is 14.0. The zero-order valence-corrected chi connectivity index (χ0v) is 12.2. The van der Waals surface area contributed by atoms with Crippen LogP contribution in [0.5, 0.6) is 0 Å². The Morgan fingerprint density at radius 1 is 1.53 bits per heavy atom. The highest BCUT2D eigenvalue weighted by molar-refractivity contribution is 7.15. The van der Waals surface area contributed by atoms with E-state index in [4.69, 9.17) is 17.3 Å². The molecule has 1 amide bonds. The first-order chi connectivity index (χ1) is 9.02. The van der Waals surface area contributed by atoms with Crippen molar-refractivity contribution in [3.63, 3.8) is 0 Å². The molecule has 100 valence electrons. The molecule has 0 aliphatic carbocycles. The second-order valence-corrected chi connectivity index (χ2v) is 5.64. The summed E-state index contributed by atoms with van der Waals surface area (Å²) in [5, 5.41) is 3.64. The minimum absolute atomic E-state index is 0.287. The van der Waals surface area contributed by atoms with Gasteiger partial charge in [0.2, 0.25) is 0 Å². The summed E-state index contributed by atoms with van der Waals surface area (Å²) >= 11 is 7.44. The van der Waals surface area contributed by atoms with Crippen molar-refractivity contribution in [2.45, 2.75) is 20.3 Å². The third-order valence-corrected chi connectivity index (χ3v) is 3.96. The standard InChI is InChI=1S/C13H14ClN3OS/c1-3-10-7(2)19-13(16-10)17-12(18)11-8(14)5-4-6-9(11)15/h4-6H,3,15H2,1-2H3,(H,16,17,18). The number of nitrogens with two attached hydrogens (primary N) is 1. The lowest BCUT2D eigenvalue weighted by atomic mass is 10.1. The third kappa shape index (κ3) is 2.88. The minimum atomic E-state index is -0.334. The predicted octanol–water partition coefficient (Wildman–Crippen LogP) is 3.50. The number of aromatic nitrogens is 1. The van der Waals surface area contributed by atoms with Gasteiger partial charge >= 0.3 is 0 Å². The van der Waals surface area contributed by atoms with Gasteiger partial charge in [0.05, 0.1) is 16.3 Å². The molecule has 0 aliphatic heterocycles. The van der Waals surface area contributed by atoms with E-state index in [1.807, 2.05) is 13.8 Å². The SMILES string of the molecule is CCc1nc(NC(=O)c2c(N)cccc2Cl)sc1C. The molecule has 2 rings (SSSR count). The molecule has 19 heavy (non-hydrogen) atoms. The van der Waals surface area contributed by atoms with Gasteiger partial charge in [-0.1, -0.05) is 24.6 Å². The number of benzene rings is 1. The van der Waals surface area contributed by atoms with Crippen LogP contribution in [0.4, 0.5) is 10.8 Å². The average Bonchev–Trinajstić information content (AvgIpc) is 2.69. The molecular weight excluding hydrogens is 282 g/mol. The van der Waals surface area contributed by atoms with Gasteiger partial charge in [-0.25, -0.2) is 4.98 Å². The molecule has 0 saturated heterocycles. The fourth-order valence-electron chi connectivity index (χ4n) is 1.75. The highest BCUT2D eigenvalue weighted by Gasteiger charge is 2.16.